The van der Waals surface area contributed by atoms with E-state index in [1.807, 2.05) is 71.1 Å². The van der Waals surface area contributed by atoms with E-state index in [4.69, 9.17) is 40.5 Å². The van der Waals surface area contributed by atoms with E-state index in [1.54, 1.807) is 12.3 Å². The SMILES string of the molecule is Cc1ncc(-c2ccc(OCCOc3ccccc3Cl)cn2)c(N2CCC(C)(C)CC2)c1[C@H](OC(C)C)C(=O)OC(C)C. The normalized spacial score (nSPS) is 15.4. The molecule has 0 radical (unpaired) electrons. The van der Waals surface area contributed by atoms with Crippen LogP contribution in [0, 0.1) is 12.3 Å². The molecule has 0 spiro atoms. The van der Waals surface area contributed by atoms with Crippen LogP contribution in [0.5, 0.6) is 11.5 Å². The van der Waals surface area contributed by atoms with Crippen LogP contribution in [0.25, 0.3) is 11.3 Å². The van der Waals surface area contributed by atoms with Crippen molar-refractivity contribution in [2.45, 2.75) is 79.6 Å². The summed E-state index contributed by atoms with van der Waals surface area (Å²) in [5.41, 5.74) is 4.20. The summed E-state index contributed by atoms with van der Waals surface area (Å²) in [5, 5.41) is 0.561. The number of carbonyl (C=O) groups excluding carboxylic acids is 1. The topological polar surface area (TPSA) is 83.0 Å². The van der Waals surface area contributed by atoms with Gasteiger partial charge in [0.2, 0.25) is 0 Å². The van der Waals surface area contributed by atoms with Gasteiger partial charge in [-0.3, -0.25) is 9.97 Å². The number of ether oxygens (including phenoxy) is 4. The first-order valence-corrected chi connectivity index (χ1v) is 15.4. The van der Waals surface area contributed by atoms with E-state index < -0.39 is 12.1 Å². The van der Waals surface area contributed by atoms with Gasteiger partial charge in [0.1, 0.15) is 24.7 Å². The minimum absolute atomic E-state index is 0.197. The van der Waals surface area contributed by atoms with Gasteiger partial charge in [0, 0.05) is 36.1 Å². The number of benzene rings is 1. The summed E-state index contributed by atoms with van der Waals surface area (Å²) in [5.74, 6) is 0.823. The van der Waals surface area contributed by atoms with Crippen LogP contribution < -0.4 is 14.4 Å². The van der Waals surface area contributed by atoms with Gasteiger partial charge in [0.05, 0.1) is 34.8 Å². The molecule has 1 aromatic carbocycles. The molecule has 0 N–H and O–H groups in total. The first-order chi connectivity index (χ1) is 20.4. The lowest BCUT2D eigenvalue weighted by molar-refractivity contribution is -0.164. The molecule has 0 saturated carbocycles. The van der Waals surface area contributed by atoms with E-state index in [0.717, 1.165) is 54.1 Å². The second-order valence-electron chi connectivity index (χ2n) is 12.2. The largest absolute Gasteiger partial charge is 0.488 e. The number of aromatic nitrogens is 2. The molecule has 1 fully saturated rings. The predicted molar refractivity (Wildman–Crippen MR) is 170 cm³/mol. The average Bonchev–Trinajstić information content (AvgIpc) is 2.95. The van der Waals surface area contributed by atoms with E-state index in [2.05, 4.69) is 18.7 Å². The van der Waals surface area contributed by atoms with Crippen LogP contribution in [0.1, 0.15) is 71.7 Å². The number of halogens is 1. The fraction of sp³-hybridized carbons (Fsp3) is 0.500. The summed E-state index contributed by atoms with van der Waals surface area (Å²) in [6, 6.07) is 11.1. The Labute approximate surface area is 260 Å². The smallest absolute Gasteiger partial charge is 0.340 e. The standard InChI is InChI=1S/C34H44ClN3O5/c1-22(2)42-32(33(39)43-23(3)4)30-24(5)36-21-26(31(30)38-16-14-34(6,7)15-17-38)28-13-12-25(20-37-28)40-18-19-41-29-11-9-8-10-27(29)35/h8-13,20-23,32H,14-19H2,1-7H3/t32-/m0/s1. The zero-order chi connectivity index (χ0) is 31.1. The number of aryl methyl sites for hydroxylation is 1. The quantitative estimate of drug-likeness (QED) is 0.153. The highest BCUT2D eigenvalue weighted by Crippen LogP contribution is 2.43. The minimum atomic E-state index is -0.916. The molecule has 9 heteroatoms. The number of nitrogens with zero attached hydrogens (tertiary/aromatic N) is 3. The van der Waals surface area contributed by atoms with Crippen molar-refractivity contribution in [3.8, 4) is 22.8 Å². The first kappa shape index (κ1) is 32.6. The van der Waals surface area contributed by atoms with E-state index in [9.17, 15) is 4.79 Å². The van der Waals surface area contributed by atoms with Gasteiger partial charge in [0.25, 0.3) is 0 Å². The summed E-state index contributed by atoms with van der Waals surface area (Å²) in [6.45, 7) is 16.4. The number of piperidine rings is 1. The van der Waals surface area contributed by atoms with Crippen molar-refractivity contribution in [3.63, 3.8) is 0 Å². The van der Waals surface area contributed by atoms with E-state index >= 15 is 0 Å². The van der Waals surface area contributed by atoms with E-state index in [1.165, 1.54) is 0 Å². The maximum atomic E-state index is 13.5. The van der Waals surface area contributed by atoms with Gasteiger partial charge in [-0.1, -0.05) is 37.6 Å². The van der Waals surface area contributed by atoms with Gasteiger partial charge < -0.3 is 23.8 Å². The number of carbonyl (C=O) groups is 1. The van der Waals surface area contributed by atoms with Crippen molar-refractivity contribution < 1.29 is 23.7 Å². The van der Waals surface area contributed by atoms with Crippen LogP contribution >= 0.6 is 11.6 Å². The van der Waals surface area contributed by atoms with Crippen LogP contribution in [0.2, 0.25) is 5.02 Å². The van der Waals surface area contributed by atoms with Crippen molar-refractivity contribution in [1.82, 2.24) is 9.97 Å². The van der Waals surface area contributed by atoms with E-state index in [-0.39, 0.29) is 17.6 Å². The van der Waals surface area contributed by atoms with E-state index in [0.29, 0.717) is 29.7 Å². The van der Waals surface area contributed by atoms with Crippen molar-refractivity contribution in [1.29, 1.82) is 0 Å². The van der Waals surface area contributed by atoms with Gasteiger partial charge in [-0.05, 0) is 77.1 Å². The predicted octanol–water partition coefficient (Wildman–Crippen LogP) is 7.61. The van der Waals surface area contributed by atoms with Crippen LogP contribution in [-0.2, 0) is 14.3 Å². The van der Waals surface area contributed by atoms with Crippen LogP contribution in [0.15, 0.2) is 48.8 Å². The molecule has 4 rings (SSSR count). The molecule has 1 atom stereocenters. The third kappa shape index (κ3) is 8.61. The Morgan fingerprint density at radius 2 is 1.65 bits per heavy atom. The molecule has 0 unspecified atom stereocenters. The Balaban J connectivity index is 1.64. The lowest BCUT2D eigenvalue weighted by atomic mass is 9.82. The highest BCUT2D eigenvalue weighted by Gasteiger charge is 2.35. The molecule has 43 heavy (non-hydrogen) atoms. The maximum absolute atomic E-state index is 13.5. The molecule has 3 heterocycles. The van der Waals surface area contributed by atoms with Crippen molar-refractivity contribution in [3.05, 3.63) is 65.1 Å². The van der Waals surface area contributed by atoms with Gasteiger partial charge in [-0.25, -0.2) is 4.79 Å². The van der Waals surface area contributed by atoms with Crippen molar-refractivity contribution in [2.75, 3.05) is 31.2 Å². The average molecular weight is 610 g/mol. The summed E-state index contributed by atoms with van der Waals surface area (Å²) in [4.78, 5) is 25.3. The first-order valence-electron chi connectivity index (χ1n) is 15.0. The lowest BCUT2D eigenvalue weighted by Gasteiger charge is -2.40. The number of pyridine rings is 2. The lowest BCUT2D eigenvalue weighted by Crippen LogP contribution is -2.39. The van der Waals surface area contributed by atoms with Gasteiger partial charge in [0.15, 0.2) is 6.10 Å². The molecule has 1 aliphatic rings. The van der Waals surface area contributed by atoms with Gasteiger partial charge in [-0.15, -0.1) is 0 Å². The minimum Gasteiger partial charge on any atom is -0.488 e. The van der Waals surface area contributed by atoms with Gasteiger partial charge in [-0.2, -0.15) is 0 Å². The Kier molecular flexibility index (Phi) is 10.9. The third-order valence-corrected chi connectivity index (χ3v) is 7.73. The number of hydrogen-bond donors (Lipinski definition) is 0. The molecule has 0 amide bonds. The third-order valence-electron chi connectivity index (χ3n) is 7.42. The van der Waals surface area contributed by atoms with Gasteiger partial charge >= 0.3 is 5.97 Å². The molecule has 3 aromatic rings. The highest BCUT2D eigenvalue weighted by molar-refractivity contribution is 6.32. The summed E-state index contributed by atoms with van der Waals surface area (Å²) < 4.78 is 23.5. The molecule has 232 valence electrons. The molecule has 1 aliphatic heterocycles. The monoisotopic (exact) mass is 609 g/mol. The van der Waals surface area contributed by atoms with Crippen LogP contribution in [-0.4, -0.2) is 54.4 Å². The zero-order valence-corrected chi connectivity index (χ0v) is 27.1. The number of rotatable bonds is 12. The Bertz CT molecular complexity index is 1370. The highest BCUT2D eigenvalue weighted by atomic mass is 35.5. The fourth-order valence-corrected chi connectivity index (χ4v) is 5.28. The Morgan fingerprint density at radius 3 is 2.28 bits per heavy atom. The van der Waals surface area contributed by atoms with Crippen LogP contribution in [0.3, 0.4) is 0 Å². The second kappa shape index (κ2) is 14.4. The Morgan fingerprint density at radius 1 is 0.953 bits per heavy atom. The molecular formula is C34H44ClN3O5. The van der Waals surface area contributed by atoms with Crippen molar-refractivity contribution in [2.24, 2.45) is 5.41 Å². The molecule has 0 aliphatic carbocycles. The second-order valence-corrected chi connectivity index (χ2v) is 12.6. The molecule has 8 nitrogen and oxygen atoms in total. The summed E-state index contributed by atoms with van der Waals surface area (Å²) in [7, 11) is 0. The molecule has 1 saturated heterocycles. The number of para-hydroxylation sites is 1. The summed E-state index contributed by atoms with van der Waals surface area (Å²) in [6.07, 6.45) is 4.20. The molecular weight excluding hydrogens is 566 g/mol. The zero-order valence-electron chi connectivity index (χ0n) is 26.4. The number of hydrogen-bond acceptors (Lipinski definition) is 8. The summed E-state index contributed by atoms with van der Waals surface area (Å²) >= 11 is 6.16. The fourth-order valence-electron chi connectivity index (χ4n) is 5.09. The van der Waals surface area contributed by atoms with Crippen LogP contribution in [0.4, 0.5) is 5.69 Å². The maximum Gasteiger partial charge on any atom is 0.340 e. The number of anilines is 1. The number of esters is 1. The van der Waals surface area contributed by atoms with Crippen molar-refractivity contribution >= 4 is 23.3 Å². The molecule has 2 aromatic heterocycles. The molecule has 0 bridgehead atoms. The Hall–Kier alpha value is -3.36.